The first-order valence-corrected chi connectivity index (χ1v) is 6.32. The van der Waals surface area contributed by atoms with Gasteiger partial charge in [0.1, 0.15) is 0 Å². The number of benzene rings is 1. The summed E-state index contributed by atoms with van der Waals surface area (Å²) in [6.45, 7) is 3.68. The van der Waals surface area contributed by atoms with Crippen molar-refractivity contribution in [2.45, 2.75) is 23.9 Å². The lowest BCUT2D eigenvalue weighted by molar-refractivity contribution is 0.588. The van der Waals surface area contributed by atoms with Gasteiger partial charge in [-0.15, -0.1) is 0 Å². The van der Waals surface area contributed by atoms with Gasteiger partial charge in [0.05, 0.1) is 4.90 Å². The molecule has 1 aromatic carbocycles. The highest BCUT2D eigenvalue weighted by Crippen LogP contribution is 2.18. The smallest absolute Gasteiger partial charge is 0.239 e. The van der Waals surface area contributed by atoms with E-state index in [1.807, 2.05) is 6.92 Å². The van der Waals surface area contributed by atoms with Crippen LogP contribution in [0.25, 0.3) is 0 Å². The fraction of sp³-hybridized carbons (Fsp3) is 0.182. The summed E-state index contributed by atoms with van der Waals surface area (Å²) in [4.78, 5) is 6.83. The Morgan fingerprint density at radius 2 is 1.75 bits per heavy atom. The van der Waals surface area contributed by atoms with E-state index in [1.165, 1.54) is 6.20 Å². The van der Waals surface area contributed by atoms with Crippen LogP contribution in [0.1, 0.15) is 11.3 Å². The Kier molecular flexibility index (Phi) is 2.55. The number of aryl methyl sites for hydroxylation is 2. The normalized spacial score (nSPS) is 11.6. The molecule has 16 heavy (non-hydrogen) atoms. The zero-order valence-electron chi connectivity index (χ0n) is 9.06. The zero-order valence-corrected chi connectivity index (χ0v) is 9.88. The van der Waals surface area contributed by atoms with Crippen molar-refractivity contribution in [2.75, 3.05) is 0 Å². The summed E-state index contributed by atoms with van der Waals surface area (Å²) in [7, 11) is -3.50. The number of rotatable bonds is 2. The molecular formula is C11H12N2O2S. The van der Waals surface area contributed by atoms with Crippen LogP contribution in [0.4, 0.5) is 0 Å². The number of hydrogen-bond acceptors (Lipinski definition) is 3. The van der Waals surface area contributed by atoms with E-state index in [0.29, 0.717) is 0 Å². The minimum Gasteiger partial charge on any atom is -0.333 e. The van der Waals surface area contributed by atoms with Gasteiger partial charge in [0.15, 0.2) is 0 Å². The van der Waals surface area contributed by atoms with Crippen molar-refractivity contribution in [2.24, 2.45) is 0 Å². The van der Waals surface area contributed by atoms with Crippen LogP contribution in [-0.4, -0.2) is 18.4 Å². The highest BCUT2D eigenvalue weighted by Gasteiger charge is 2.20. The first kappa shape index (κ1) is 10.9. The van der Waals surface area contributed by atoms with Crippen molar-refractivity contribution in [3.05, 3.63) is 41.7 Å². The molecule has 4 nitrogen and oxygen atoms in total. The lowest BCUT2D eigenvalue weighted by Gasteiger charge is -2.01. The molecule has 0 fully saturated rings. The van der Waals surface area contributed by atoms with E-state index in [2.05, 4.69) is 9.97 Å². The molecule has 0 bridgehead atoms. The molecule has 1 aromatic heterocycles. The summed E-state index contributed by atoms with van der Waals surface area (Å²) in [6, 6.07) is 6.70. The maximum absolute atomic E-state index is 12.1. The molecular weight excluding hydrogens is 224 g/mol. The molecule has 0 unspecified atom stereocenters. The van der Waals surface area contributed by atoms with Gasteiger partial charge in [-0.2, -0.15) is 0 Å². The Morgan fingerprint density at radius 1 is 1.12 bits per heavy atom. The summed E-state index contributed by atoms with van der Waals surface area (Å²) >= 11 is 0. The van der Waals surface area contributed by atoms with E-state index in [-0.39, 0.29) is 10.1 Å². The molecule has 0 spiro atoms. The van der Waals surface area contributed by atoms with Gasteiger partial charge in [0, 0.05) is 11.9 Å². The number of aromatic amines is 1. The average molecular weight is 236 g/mol. The molecule has 2 aromatic rings. The van der Waals surface area contributed by atoms with Gasteiger partial charge >= 0.3 is 0 Å². The maximum atomic E-state index is 12.1. The molecule has 0 saturated carbocycles. The minimum atomic E-state index is -3.50. The third-order valence-electron chi connectivity index (χ3n) is 2.27. The molecule has 0 aliphatic heterocycles. The topological polar surface area (TPSA) is 62.8 Å². The molecule has 1 N–H and O–H groups in total. The van der Waals surface area contributed by atoms with Crippen molar-refractivity contribution >= 4 is 9.84 Å². The van der Waals surface area contributed by atoms with Gasteiger partial charge in [0.25, 0.3) is 0 Å². The fourth-order valence-corrected chi connectivity index (χ4v) is 2.56. The van der Waals surface area contributed by atoms with Crippen molar-refractivity contribution in [1.29, 1.82) is 0 Å². The number of sulfone groups is 1. The molecule has 1 heterocycles. The number of aromatic nitrogens is 2. The summed E-state index contributed by atoms with van der Waals surface area (Å²) in [5, 5.41) is -0.00569. The zero-order chi connectivity index (χ0) is 11.8. The highest BCUT2D eigenvalue weighted by atomic mass is 32.2. The van der Waals surface area contributed by atoms with Crippen LogP contribution >= 0.6 is 0 Å². The predicted molar refractivity (Wildman–Crippen MR) is 60.0 cm³/mol. The highest BCUT2D eigenvalue weighted by molar-refractivity contribution is 7.91. The van der Waals surface area contributed by atoms with E-state index < -0.39 is 9.84 Å². The van der Waals surface area contributed by atoms with Crippen LogP contribution in [0.5, 0.6) is 0 Å². The summed E-state index contributed by atoms with van der Waals surface area (Å²) in [5.41, 5.74) is 1.75. The number of imidazole rings is 1. The Hall–Kier alpha value is -1.62. The Morgan fingerprint density at radius 3 is 2.25 bits per heavy atom. The van der Waals surface area contributed by atoms with Gasteiger partial charge in [-0.25, -0.2) is 13.4 Å². The minimum absolute atomic E-state index is 0.00569. The molecule has 5 heteroatoms. The van der Waals surface area contributed by atoms with E-state index >= 15 is 0 Å². The second-order valence-corrected chi connectivity index (χ2v) is 5.55. The summed E-state index contributed by atoms with van der Waals surface area (Å²) in [6.07, 6.45) is 1.50. The SMILES string of the molecule is Cc1ccc(S(=O)(=O)c2ncc(C)[nH]2)cc1. The van der Waals surface area contributed by atoms with Crippen LogP contribution in [-0.2, 0) is 9.84 Å². The largest absolute Gasteiger partial charge is 0.333 e. The number of H-pyrrole nitrogens is 1. The van der Waals surface area contributed by atoms with Crippen LogP contribution in [0.3, 0.4) is 0 Å². The molecule has 0 aliphatic rings. The molecule has 84 valence electrons. The molecule has 0 saturated heterocycles. The third-order valence-corrected chi connectivity index (χ3v) is 3.87. The molecule has 0 atom stereocenters. The van der Waals surface area contributed by atoms with Gasteiger partial charge < -0.3 is 4.98 Å². The van der Waals surface area contributed by atoms with Crippen molar-refractivity contribution in [3.8, 4) is 0 Å². The van der Waals surface area contributed by atoms with Crippen LogP contribution in [0.2, 0.25) is 0 Å². The van der Waals surface area contributed by atoms with Crippen molar-refractivity contribution in [3.63, 3.8) is 0 Å². The molecule has 2 rings (SSSR count). The molecule has 0 amide bonds. The first-order chi connectivity index (χ1) is 7.50. The van der Waals surface area contributed by atoms with Gasteiger partial charge in [-0.1, -0.05) is 17.7 Å². The quantitative estimate of drug-likeness (QED) is 0.865. The Labute approximate surface area is 94.3 Å². The third kappa shape index (κ3) is 1.86. The van der Waals surface area contributed by atoms with E-state index in [1.54, 1.807) is 31.2 Å². The monoisotopic (exact) mass is 236 g/mol. The van der Waals surface area contributed by atoms with Gasteiger partial charge in [-0.3, -0.25) is 0 Å². The van der Waals surface area contributed by atoms with Crippen LogP contribution in [0, 0.1) is 13.8 Å². The summed E-state index contributed by atoms with van der Waals surface area (Å²) in [5.74, 6) is 0. The lowest BCUT2D eigenvalue weighted by atomic mass is 10.2. The number of hydrogen-bond donors (Lipinski definition) is 1. The van der Waals surface area contributed by atoms with E-state index in [0.717, 1.165) is 11.3 Å². The van der Waals surface area contributed by atoms with Gasteiger partial charge in [0.2, 0.25) is 15.0 Å². The van der Waals surface area contributed by atoms with Crippen molar-refractivity contribution in [1.82, 2.24) is 9.97 Å². The lowest BCUT2D eigenvalue weighted by Crippen LogP contribution is -2.04. The second kappa shape index (κ2) is 3.75. The predicted octanol–water partition coefficient (Wildman–Crippen LogP) is 1.86. The first-order valence-electron chi connectivity index (χ1n) is 4.83. The Balaban J connectivity index is 2.51. The van der Waals surface area contributed by atoms with Crippen LogP contribution < -0.4 is 0 Å². The summed E-state index contributed by atoms with van der Waals surface area (Å²) < 4.78 is 24.1. The molecule has 0 radical (unpaired) electrons. The van der Waals surface area contributed by atoms with Crippen molar-refractivity contribution < 1.29 is 8.42 Å². The van der Waals surface area contributed by atoms with E-state index in [9.17, 15) is 8.42 Å². The maximum Gasteiger partial charge on any atom is 0.239 e. The number of nitrogens with zero attached hydrogens (tertiary/aromatic N) is 1. The van der Waals surface area contributed by atoms with E-state index in [4.69, 9.17) is 0 Å². The second-order valence-electron chi connectivity index (χ2n) is 3.69. The fourth-order valence-electron chi connectivity index (χ4n) is 1.35. The molecule has 0 aliphatic carbocycles. The number of nitrogens with one attached hydrogen (secondary N) is 1. The van der Waals surface area contributed by atoms with Crippen LogP contribution in [0.15, 0.2) is 40.5 Å². The van der Waals surface area contributed by atoms with Gasteiger partial charge in [-0.05, 0) is 26.0 Å². The Bertz CT molecular complexity index is 597. The standard InChI is InChI=1S/C11H12N2O2S/c1-8-3-5-10(6-4-8)16(14,15)11-12-7-9(2)13-11/h3-7H,1-2H3,(H,12,13). The average Bonchev–Trinajstić information content (AvgIpc) is 2.66.